The summed E-state index contributed by atoms with van der Waals surface area (Å²) in [7, 11) is 4.00. The molecule has 1 rings (SSSR count). The van der Waals surface area contributed by atoms with E-state index in [9.17, 15) is 4.79 Å². The minimum atomic E-state index is 0.128. The molecule has 0 aliphatic rings. The first-order chi connectivity index (χ1) is 9.54. The average Bonchev–Trinajstić information content (AvgIpc) is 2.47. The van der Waals surface area contributed by atoms with Crippen LogP contribution in [-0.4, -0.2) is 42.8 Å². The van der Waals surface area contributed by atoms with Crippen LogP contribution in [0.2, 0.25) is 0 Å². The standard InChI is InChI=1S/C16H25BrN2O/c1-5-14(6-2)19(12-11-17)16(20)13-7-9-15(10-8-13)18(3)4/h7-10,14H,5-6,11-12H2,1-4H3. The van der Waals surface area contributed by atoms with Crippen molar-refractivity contribution in [2.24, 2.45) is 0 Å². The Bertz CT molecular complexity index is 413. The van der Waals surface area contributed by atoms with Crippen molar-refractivity contribution >= 4 is 27.5 Å². The molecule has 0 atom stereocenters. The minimum absolute atomic E-state index is 0.128. The van der Waals surface area contributed by atoms with Crippen LogP contribution in [0.5, 0.6) is 0 Å². The Labute approximate surface area is 131 Å². The van der Waals surface area contributed by atoms with Crippen LogP contribution in [0.4, 0.5) is 5.69 Å². The molecule has 1 aromatic carbocycles. The number of hydrogen-bond acceptors (Lipinski definition) is 2. The Morgan fingerprint density at radius 3 is 2.10 bits per heavy atom. The summed E-state index contributed by atoms with van der Waals surface area (Å²) in [5.41, 5.74) is 1.87. The predicted octanol–water partition coefficient (Wildman–Crippen LogP) is 3.78. The van der Waals surface area contributed by atoms with E-state index in [1.807, 2.05) is 48.2 Å². The van der Waals surface area contributed by atoms with Crippen LogP contribution in [-0.2, 0) is 0 Å². The van der Waals surface area contributed by atoms with Gasteiger partial charge in [-0.05, 0) is 37.1 Å². The lowest BCUT2D eigenvalue weighted by Crippen LogP contribution is -2.41. The fourth-order valence-corrected chi connectivity index (χ4v) is 2.72. The first kappa shape index (κ1) is 17.0. The number of nitrogens with zero attached hydrogens (tertiary/aromatic N) is 2. The van der Waals surface area contributed by atoms with E-state index in [4.69, 9.17) is 0 Å². The maximum atomic E-state index is 12.7. The van der Waals surface area contributed by atoms with E-state index in [0.717, 1.165) is 36.0 Å². The zero-order valence-corrected chi connectivity index (χ0v) is 14.5. The molecular weight excluding hydrogens is 316 g/mol. The van der Waals surface area contributed by atoms with Gasteiger partial charge in [-0.25, -0.2) is 0 Å². The molecule has 1 aromatic rings. The summed E-state index contributed by atoms with van der Waals surface area (Å²) in [5.74, 6) is 0.128. The quantitative estimate of drug-likeness (QED) is 0.705. The lowest BCUT2D eigenvalue weighted by atomic mass is 10.1. The Kier molecular flexibility index (Phi) is 7.06. The van der Waals surface area contributed by atoms with Gasteiger partial charge >= 0.3 is 0 Å². The maximum absolute atomic E-state index is 12.7. The van der Waals surface area contributed by atoms with Crippen LogP contribution in [0, 0.1) is 0 Å². The summed E-state index contributed by atoms with van der Waals surface area (Å²) >= 11 is 3.45. The van der Waals surface area contributed by atoms with Gasteiger partial charge in [-0.3, -0.25) is 4.79 Å². The second-order valence-electron chi connectivity index (χ2n) is 5.10. The van der Waals surface area contributed by atoms with Crippen LogP contribution in [0.15, 0.2) is 24.3 Å². The SMILES string of the molecule is CCC(CC)N(CCBr)C(=O)c1ccc(N(C)C)cc1. The van der Waals surface area contributed by atoms with E-state index < -0.39 is 0 Å². The summed E-state index contributed by atoms with van der Waals surface area (Å²) < 4.78 is 0. The molecular formula is C16H25BrN2O. The van der Waals surface area contributed by atoms with Crippen LogP contribution < -0.4 is 4.90 Å². The number of carbonyl (C=O) groups is 1. The summed E-state index contributed by atoms with van der Waals surface area (Å²) in [4.78, 5) is 16.7. The van der Waals surface area contributed by atoms with Crippen LogP contribution >= 0.6 is 15.9 Å². The molecule has 0 bridgehead atoms. The molecule has 0 fully saturated rings. The van der Waals surface area contributed by atoms with Crippen molar-refractivity contribution in [1.29, 1.82) is 0 Å². The Morgan fingerprint density at radius 2 is 1.70 bits per heavy atom. The molecule has 0 unspecified atom stereocenters. The van der Waals surface area contributed by atoms with Crippen molar-refractivity contribution in [3.05, 3.63) is 29.8 Å². The van der Waals surface area contributed by atoms with Crippen molar-refractivity contribution < 1.29 is 4.79 Å². The third kappa shape index (κ3) is 4.23. The second-order valence-corrected chi connectivity index (χ2v) is 5.89. The van der Waals surface area contributed by atoms with Gasteiger partial charge in [-0.1, -0.05) is 29.8 Å². The van der Waals surface area contributed by atoms with Crippen LogP contribution in [0.25, 0.3) is 0 Å². The predicted molar refractivity (Wildman–Crippen MR) is 90.0 cm³/mol. The molecule has 0 N–H and O–H groups in total. The Hall–Kier alpha value is -1.03. The zero-order chi connectivity index (χ0) is 15.1. The fourth-order valence-electron chi connectivity index (χ4n) is 2.34. The zero-order valence-electron chi connectivity index (χ0n) is 12.9. The molecule has 0 aliphatic heterocycles. The smallest absolute Gasteiger partial charge is 0.254 e. The third-order valence-electron chi connectivity index (χ3n) is 3.60. The average molecular weight is 341 g/mol. The molecule has 0 radical (unpaired) electrons. The molecule has 0 saturated heterocycles. The van der Waals surface area contributed by atoms with Crippen molar-refractivity contribution in [3.8, 4) is 0 Å². The molecule has 20 heavy (non-hydrogen) atoms. The topological polar surface area (TPSA) is 23.6 Å². The normalized spacial score (nSPS) is 10.7. The molecule has 1 amide bonds. The molecule has 0 heterocycles. The van der Waals surface area contributed by atoms with Gasteiger partial charge in [0.2, 0.25) is 0 Å². The molecule has 112 valence electrons. The highest BCUT2D eigenvalue weighted by molar-refractivity contribution is 9.09. The van der Waals surface area contributed by atoms with Crippen molar-refractivity contribution in [1.82, 2.24) is 4.90 Å². The highest BCUT2D eigenvalue weighted by atomic mass is 79.9. The van der Waals surface area contributed by atoms with Gasteiger partial charge in [0.1, 0.15) is 0 Å². The fraction of sp³-hybridized carbons (Fsp3) is 0.562. The van der Waals surface area contributed by atoms with Gasteiger partial charge < -0.3 is 9.80 Å². The monoisotopic (exact) mass is 340 g/mol. The molecule has 3 nitrogen and oxygen atoms in total. The number of rotatable bonds is 7. The van der Waals surface area contributed by atoms with Crippen molar-refractivity contribution in [2.45, 2.75) is 32.7 Å². The molecule has 0 spiro atoms. The lowest BCUT2D eigenvalue weighted by Gasteiger charge is -2.30. The van der Waals surface area contributed by atoms with E-state index in [1.165, 1.54) is 0 Å². The molecule has 0 saturated carbocycles. The van der Waals surface area contributed by atoms with E-state index in [0.29, 0.717) is 6.04 Å². The summed E-state index contributed by atoms with van der Waals surface area (Å²) in [6.45, 7) is 5.02. The second kappa shape index (κ2) is 8.30. The lowest BCUT2D eigenvalue weighted by molar-refractivity contribution is 0.0683. The number of hydrogen-bond donors (Lipinski definition) is 0. The van der Waals surface area contributed by atoms with Gasteiger partial charge in [0.05, 0.1) is 0 Å². The Morgan fingerprint density at radius 1 is 1.15 bits per heavy atom. The van der Waals surface area contributed by atoms with Crippen LogP contribution in [0.1, 0.15) is 37.0 Å². The highest BCUT2D eigenvalue weighted by Gasteiger charge is 2.21. The largest absolute Gasteiger partial charge is 0.378 e. The summed E-state index contributed by atoms with van der Waals surface area (Å²) in [6.07, 6.45) is 1.98. The van der Waals surface area contributed by atoms with Gasteiger partial charge in [0.15, 0.2) is 0 Å². The van der Waals surface area contributed by atoms with Crippen LogP contribution in [0.3, 0.4) is 0 Å². The first-order valence-corrected chi connectivity index (χ1v) is 8.31. The van der Waals surface area contributed by atoms with Crippen molar-refractivity contribution in [3.63, 3.8) is 0 Å². The van der Waals surface area contributed by atoms with Gasteiger partial charge in [0.25, 0.3) is 5.91 Å². The number of benzene rings is 1. The molecule has 0 aliphatic carbocycles. The number of amides is 1. The van der Waals surface area contributed by atoms with E-state index >= 15 is 0 Å². The first-order valence-electron chi connectivity index (χ1n) is 7.19. The number of carbonyl (C=O) groups excluding carboxylic acids is 1. The van der Waals surface area contributed by atoms with E-state index in [-0.39, 0.29) is 5.91 Å². The Balaban J connectivity index is 2.93. The maximum Gasteiger partial charge on any atom is 0.254 e. The van der Waals surface area contributed by atoms with Gasteiger partial charge in [-0.15, -0.1) is 0 Å². The summed E-state index contributed by atoms with van der Waals surface area (Å²) in [6, 6.07) is 8.13. The van der Waals surface area contributed by atoms with E-state index in [1.54, 1.807) is 0 Å². The van der Waals surface area contributed by atoms with E-state index in [2.05, 4.69) is 29.8 Å². The highest BCUT2D eigenvalue weighted by Crippen LogP contribution is 2.17. The van der Waals surface area contributed by atoms with Crippen molar-refractivity contribution in [2.75, 3.05) is 30.9 Å². The number of halogens is 1. The van der Waals surface area contributed by atoms with Gasteiger partial charge in [-0.2, -0.15) is 0 Å². The summed E-state index contributed by atoms with van der Waals surface area (Å²) in [5, 5.41) is 0.811. The number of alkyl halides is 1. The molecule has 0 aromatic heterocycles. The minimum Gasteiger partial charge on any atom is -0.378 e. The molecule has 4 heteroatoms. The third-order valence-corrected chi connectivity index (χ3v) is 3.95. The van der Waals surface area contributed by atoms with Gasteiger partial charge in [0, 0.05) is 43.3 Å². The number of anilines is 1.